The van der Waals surface area contributed by atoms with Gasteiger partial charge >= 0.3 is 0 Å². The Labute approximate surface area is 131 Å². The third-order valence-electron chi connectivity index (χ3n) is 3.29. The number of nitrogens with zero attached hydrogens (tertiary/aromatic N) is 3. The topological polar surface area (TPSA) is 85.8 Å². The van der Waals surface area contributed by atoms with Crippen LogP contribution in [0.4, 0.5) is 11.6 Å². The third-order valence-corrected chi connectivity index (χ3v) is 3.96. The maximum Gasteiger partial charge on any atom is 0.244 e. The Morgan fingerprint density at radius 1 is 1.23 bits per heavy atom. The first-order valence-corrected chi connectivity index (χ1v) is 7.92. The lowest BCUT2D eigenvalue weighted by Crippen LogP contribution is -2.20. The smallest absolute Gasteiger partial charge is 0.244 e. The van der Waals surface area contributed by atoms with Gasteiger partial charge in [0, 0.05) is 11.1 Å². The lowest BCUT2D eigenvalue weighted by molar-refractivity contribution is -0.116. The molecule has 2 aromatic carbocycles. The van der Waals surface area contributed by atoms with Crippen LogP contribution in [0.3, 0.4) is 0 Å². The van der Waals surface area contributed by atoms with Gasteiger partial charge in [-0.05, 0) is 17.7 Å². The van der Waals surface area contributed by atoms with Crippen LogP contribution >= 0.6 is 11.8 Å². The second-order valence-electron chi connectivity index (χ2n) is 4.71. The van der Waals surface area contributed by atoms with E-state index in [0.717, 1.165) is 16.5 Å². The molecule has 0 saturated heterocycles. The second kappa shape index (κ2) is 6.07. The number of hydrogen-bond acceptors (Lipinski definition) is 5. The van der Waals surface area contributed by atoms with E-state index in [2.05, 4.69) is 15.5 Å². The Kier molecular flexibility index (Phi) is 3.97. The van der Waals surface area contributed by atoms with Gasteiger partial charge in [-0.25, -0.2) is 0 Å². The fourth-order valence-electron chi connectivity index (χ4n) is 2.27. The van der Waals surface area contributed by atoms with Crippen molar-refractivity contribution in [1.29, 1.82) is 0 Å². The number of nitrogen functional groups attached to an aromatic ring is 1. The fourth-order valence-corrected chi connectivity index (χ4v) is 2.77. The Balaban J connectivity index is 1.83. The number of benzene rings is 2. The highest BCUT2D eigenvalue weighted by Crippen LogP contribution is 2.23. The minimum atomic E-state index is -0.168. The number of anilines is 2. The van der Waals surface area contributed by atoms with Crippen molar-refractivity contribution in [2.75, 3.05) is 17.3 Å². The molecule has 3 rings (SSSR count). The van der Waals surface area contributed by atoms with Gasteiger partial charge in [0.05, 0.1) is 0 Å². The number of aromatic nitrogens is 3. The van der Waals surface area contributed by atoms with E-state index in [1.54, 1.807) is 4.57 Å². The first-order valence-electron chi connectivity index (χ1n) is 6.69. The van der Waals surface area contributed by atoms with Crippen LogP contribution in [0.1, 0.15) is 0 Å². The lowest BCUT2D eigenvalue weighted by Gasteiger charge is -2.10. The summed E-state index contributed by atoms with van der Waals surface area (Å²) in [6, 6.07) is 13.7. The molecular weight excluding hydrogens is 298 g/mol. The molecule has 1 heterocycles. The number of nitrogens with two attached hydrogens (primary N) is 1. The highest BCUT2D eigenvalue weighted by molar-refractivity contribution is 7.98. The van der Waals surface area contributed by atoms with Gasteiger partial charge in [0.15, 0.2) is 5.16 Å². The van der Waals surface area contributed by atoms with E-state index in [4.69, 9.17) is 5.73 Å². The standard InChI is InChI=1S/C15H15N5OS/c1-22-15-19-18-14(16)20(15)9-13(21)17-12-8-4-6-10-5-2-3-7-11(10)12/h2-8H,9H2,1H3,(H2,16,18)(H,17,21). The molecule has 7 heteroatoms. The monoisotopic (exact) mass is 313 g/mol. The lowest BCUT2D eigenvalue weighted by atomic mass is 10.1. The Morgan fingerprint density at radius 3 is 2.82 bits per heavy atom. The van der Waals surface area contributed by atoms with Gasteiger partial charge < -0.3 is 11.1 Å². The van der Waals surface area contributed by atoms with Crippen molar-refractivity contribution in [2.45, 2.75) is 11.7 Å². The normalized spacial score (nSPS) is 10.8. The molecule has 0 aliphatic rings. The van der Waals surface area contributed by atoms with Crippen LogP contribution in [-0.4, -0.2) is 26.9 Å². The molecule has 0 fully saturated rings. The summed E-state index contributed by atoms with van der Waals surface area (Å²) in [4.78, 5) is 12.3. The van der Waals surface area contributed by atoms with E-state index < -0.39 is 0 Å². The molecule has 1 aromatic heterocycles. The summed E-state index contributed by atoms with van der Waals surface area (Å²) in [6.07, 6.45) is 1.86. The zero-order valence-corrected chi connectivity index (χ0v) is 12.8. The number of carbonyl (C=O) groups is 1. The average Bonchev–Trinajstić information content (AvgIpc) is 2.88. The van der Waals surface area contributed by atoms with E-state index in [1.807, 2.05) is 48.7 Å². The number of rotatable bonds is 4. The van der Waals surface area contributed by atoms with Crippen molar-refractivity contribution >= 4 is 40.1 Å². The molecule has 1 amide bonds. The van der Waals surface area contributed by atoms with Crippen molar-refractivity contribution < 1.29 is 4.79 Å². The molecule has 0 bridgehead atoms. The minimum Gasteiger partial charge on any atom is -0.368 e. The van der Waals surface area contributed by atoms with Crippen LogP contribution in [0.2, 0.25) is 0 Å². The maximum atomic E-state index is 12.3. The van der Waals surface area contributed by atoms with Crippen molar-refractivity contribution in [3.05, 3.63) is 42.5 Å². The van der Waals surface area contributed by atoms with Gasteiger partial charge in [0.25, 0.3) is 0 Å². The molecule has 0 spiro atoms. The van der Waals surface area contributed by atoms with Crippen LogP contribution in [0, 0.1) is 0 Å². The first kappa shape index (κ1) is 14.4. The first-order chi connectivity index (χ1) is 10.7. The molecule has 0 aliphatic heterocycles. The molecule has 3 aromatic rings. The van der Waals surface area contributed by atoms with Gasteiger partial charge in [0.1, 0.15) is 6.54 Å². The van der Waals surface area contributed by atoms with Crippen LogP contribution in [0.15, 0.2) is 47.6 Å². The van der Waals surface area contributed by atoms with E-state index >= 15 is 0 Å². The molecule has 0 atom stereocenters. The second-order valence-corrected chi connectivity index (χ2v) is 5.48. The van der Waals surface area contributed by atoms with E-state index in [-0.39, 0.29) is 18.4 Å². The molecule has 112 valence electrons. The highest BCUT2D eigenvalue weighted by atomic mass is 32.2. The summed E-state index contributed by atoms with van der Waals surface area (Å²) < 4.78 is 1.59. The number of amides is 1. The predicted molar refractivity (Wildman–Crippen MR) is 88.8 cm³/mol. The molecule has 0 saturated carbocycles. The largest absolute Gasteiger partial charge is 0.368 e. The summed E-state index contributed by atoms with van der Waals surface area (Å²) in [5, 5.41) is 13.3. The minimum absolute atomic E-state index is 0.0816. The quantitative estimate of drug-likeness (QED) is 0.722. The van der Waals surface area contributed by atoms with Crippen molar-refractivity contribution in [3.8, 4) is 0 Å². The van der Waals surface area contributed by atoms with Gasteiger partial charge in [-0.15, -0.1) is 10.2 Å². The Hall–Kier alpha value is -2.54. The molecule has 3 N–H and O–H groups in total. The highest BCUT2D eigenvalue weighted by Gasteiger charge is 2.13. The van der Waals surface area contributed by atoms with Crippen molar-refractivity contribution in [1.82, 2.24) is 14.8 Å². The summed E-state index contributed by atoms with van der Waals surface area (Å²) in [5.74, 6) is 0.0653. The number of hydrogen-bond donors (Lipinski definition) is 2. The van der Waals surface area contributed by atoms with Crippen molar-refractivity contribution in [2.24, 2.45) is 0 Å². The fraction of sp³-hybridized carbons (Fsp3) is 0.133. The summed E-state index contributed by atoms with van der Waals surface area (Å²) >= 11 is 1.40. The van der Waals surface area contributed by atoms with Crippen LogP contribution in [-0.2, 0) is 11.3 Å². The number of nitrogens with one attached hydrogen (secondary N) is 1. The summed E-state index contributed by atoms with van der Waals surface area (Å²) in [7, 11) is 0. The average molecular weight is 313 g/mol. The third kappa shape index (κ3) is 2.75. The van der Waals surface area contributed by atoms with Crippen LogP contribution in [0.5, 0.6) is 0 Å². The predicted octanol–water partition coefficient (Wildman–Crippen LogP) is 2.37. The maximum absolute atomic E-state index is 12.3. The van der Waals surface area contributed by atoms with Crippen molar-refractivity contribution in [3.63, 3.8) is 0 Å². The zero-order chi connectivity index (χ0) is 15.5. The molecule has 0 radical (unpaired) electrons. The van der Waals surface area contributed by atoms with Gasteiger partial charge in [-0.3, -0.25) is 9.36 Å². The van der Waals surface area contributed by atoms with Gasteiger partial charge in [-0.1, -0.05) is 48.2 Å². The van der Waals surface area contributed by atoms with Gasteiger partial charge in [-0.2, -0.15) is 0 Å². The number of fused-ring (bicyclic) bond motifs is 1. The number of thioether (sulfide) groups is 1. The van der Waals surface area contributed by atoms with Crippen LogP contribution < -0.4 is 11.1 Å². The molecular formula is C15H15N5OS. The van der Waals surface area contributed by atoms with Crippen LogP contribution in [0.25, 0.3) is 10.8 Å². The SMILES string of the molecule is CSc1nnc(N)n1CC(=O)Nc1cccc2ccccc12. The van der Waals surface area contributed by atoms with Gasteiger partial charge in [0.2, 0.25) is 11.9 Å². The Morgan fingerprint density at radius 2 is 2.00 bits per heavy atom. The molecule has 0 aliphatic carbocycles. The summed E-state index contributed by atoms with van der Waals surface area (Å²) in [5.41, 5.74) is 6.52. The van der Waals surface area contributed by atoms with E-state index in [9.17, 15) is 4.79 Å². The zero-order valence-electron chi connectivity index (χ0n) is 12.0. The Bertz CT molecular complexity index is 824. The van der Waals surface area contributed by atoms with E-state index in [0.29, 0.717) is 5.16 Å². The number of carbonyl (C=O) groups excluding carboxylic acids is 1. The summed E-state index contributed by atoms with van der Waals surface area (Å²) in [6.45, 7) is 0.0816. The van der Waals surface area contributed by atoms with E-state index in [1.165, 1.54) is 11.8 Å². The molecule has 6 nitrogen and oxygen atoms in total. The molecule has 22 heavy (non-hydrogen) atoms. The molecule has 0 unspecified atom stereocenters.